The Hall–Kier alpha value is -2.96. The molecule has 0 saturated carbocycles. The molecule has 21 heavy (non-hydrogen) atoms. The van der Waals surface area contributed by atoms with E-state index in [1.54, 1.807) is 13.0 Å². The monoisotopic (exact) mass is 287 g/mol. The molecule has 0 unspecified atom stereocenters. The third kappa shape index (κ3) is 4.00. The number of carbonyl (C=O) groups is 2. The summed E-state index contributed by atoms with van der Waals surface area (Å²) < 4.78 is 5.34. The summed E-state index contributed by atoms with van der Waals surface area (Å²) in [6.07, 6.45) is 3.02. The number of aromatic nitrogens is 2. The van der Waals surface area contributed by atoms with Crippen molar-refractivity contribution in [2.75, 3.05) is 11.9 Å². The Morgan fingerprint density at radius 3 is 2.62 bits per heavy atom. The van der Waals surface area contributed by atoms with Gasteiger partial charge in [0, 0.05) is 12.4 Å². The van der Waals surface area contributed by atoms with Crippen molar-refractivity contribution in [2.45, 2.75) is 6.92 Å². The van der Waals surface area contributed by atoms with Crippen LogP contribution in [0.1, 0.15) is 15.9 Å². The first kappa shape index (κ1) is 14.4. The van der Waals surface area contributed by atoms with E-state index in [0.717, 1.165) is 0 Å². The van der Waals surface area contributed by atoms with Gasteiger partial charge in [-0.2, -0.15) is 0 Å². The highest BCUT2D eigenvalue weighted by Gasteiger charge is 2.09. The van der Waals surface area contributed by atoms with Crippen LogP contribution in [0.15, 0.2) is 36.7 Å². The van der Waals surface area contributed by atoms with Gasteiger partial charge in [0.05, 0.1) is 5.56 Å². The Morgan fingerprint density at radius 1 is 1.29 bits per heavy atom. The summed E-state index contributed by atoms with van der Waals surface area (Å²) in [5, 5.41) is 11.3. The van der Waals surface area contributed by atoms with Gasteiger partial charge in [-0.1, -0.05) is 0 Å². The number of hydrogen-bond acceptors (Lipinski definition) is 5. The van der Waals surface area contributed by atoms with Gasteiger partial charge in [-0.15, -0.1) is 0 Å². The topological polar surface area (TPSA) is 101 Å². The lowest BCUT2D eigenvalue weighted by Gasteiger charge is -2.09. The van der Waals surface area contributed by atoms with Crippen molar-refractivity contribution in [1.82, 2.24) is 9.97 Å². The van der Waals surface area contributed by atoms with E-state index in [-0.39, 0.29) is 18.1 Å². The fourth-order valence-electron chi connectivity index (χ4n) is 1.61. The number of ether oxygens (including phenoxy) is 1. The van der Waals surface area contributed by atoms with Crippen LogP contribution in [0.4, 0.5) is 5.95 Å². The van der Waals surface area contributed by atoms with Crippen LogP contribution in [0.25, 0.3) is 0 Å². The Labute approximate surface area is 120 Å². The molecule has 0 fully saturated rings. The molecular weight excluding hydrogens is 274 g/mol. The number of carbonyl (C=O) groups excluding carboxylic acids is 1. The van der Waals surface area contributed by atoms with E-state index in [9.17, 15) is 9.59 Å². The van der Waals surface area contributed by atoms with Crippen molar-refractivity contribution in [3.05, 3.63) is 47.8 Å². The van der Waals surface area contributed by atoms with Crippen molar-refractivity contribution in [1.29, 1.82) is 0 Å². The van der Waals surface area contributed by atoms with Gasteiger partial charge in [0.15, 0.2) is 6.61 Å². The molecule has 0 spiro atoms. The van der Waals surface area contributed by atoms with Crippen LogP contribution in [0.2, 0.25) is 0 Å². The van der Waals surface area contributed by atoms with Gasteiger partial charge < -0.3 is 9.84 Å². The summed E-state index contributed by atoms with van der Waals surface area (Å²) >= 11 is 0. The predicted molar refractivity (Wildman–Crippen MR) is 74.3 cm³/mol. The molecule has 2 rings (SSSR count). The number of aryl methyl sites for hydroxylation is 1. The number of anilines is 1. The zero-order valence-corrected chi connectivity index (χ0v) is 11.2. The molecular formula is C14H13N3O4. The van der Waals surface area contributed by atoms with Crippen LogP contribution >= 0.6 is 0 Å². The molecule has 1 amide bonds. The van der Waals surface area contributed by atoms with Crippen molar-refractivity contribution in [3.8, 4) is 5.75 Å². The molecule has 0 saturated heterocycles. The molecule has 108 valence electrons. The average Bonchev–Trinajstić information content (AvgIpc) is 2.47. The van der Waals surface area contributed by atoms with Crippen LogP contribution in [-0.2, 0) is 4.79 Å². The highest BCUT2D eigenvalue weighted by molar-refractivity contribution is 5.90. The molecule has 1 aromatic heterocycles. The molecule has 1 aromatic carbocycles. The number of amides is 1. The Morgan fingerprint density at radius 2 is 2.00 bits per heavy atom. The summed E-state index contributed by atoms with van der Waals surface area (Å²) in [6.45, 7) is 1.49. The molecule has 0 aliphatic carbocycles. The first-order valence-electron chi connectivity index (χ1n) is 6.10. The van der Waals surface area contributed by atoms with Crippen molar-refractivity contribution >= 4 is 17.8 Å². The van der Waals surface area contributed by atoms with Gasteiger partial charge in [-0.05, 0) is 36.8 Å². The van der Waals surface area contributed by atoms with E-state index >= 15 is 0 Å². The van der Waals surface area contributed by atoms with Gasteiger partial charge in [0.25, 0.3) is 5.91 Å². The van der Waals surface area contributed by atoms with Crippen molar-refractivity contribution < 1.29 is 19.4 Å². The largest absolute Gasteiger partial charge is 0.483 e. The van der Waals surface area contributed by atoms with E-state index < -0.39 is 11.9 Å². The van der Waals surface area contributed by atoms with Crippen LogP contribution < -0.4 is 10.1 Å². The summed E-state index contributed by atoms with van der Waals surface area (Å²) in [5.74, 6) is -0.764. The lowest BCUT2D eigenvalue weighted by atomic mass is 10.1. The van der Waals surface area contributed by atoms with E-state index in [1.807, 2.05) is 0 Å². The van der Waals surface area contributed by atoms with Gasteiger partial charge in [0.2, 0.25) is 5.95 Å². The van der Waals surface area contributed by atoms with Crippen LogP contribution in [0.5, 0.6) is 5.75 Å². The number of aromatic carboxylic acids is 1. The first-order valence-corrected chi connectivity index (χ1v) is 6.10. The summed E-state index contributed by atoms with van der Waals surface area (Å²) in [4.78, 5) is 30.2. The molecule has 0 aliphatic rings. The van der Waals surface area contributed by atoms with Crippen LogP contribution in [-0.4, -0.2) is 33.6 Å². The molecule has 2 aromatic rings. The number of nitrogens with zero attached hydrogens (tertiary/aromatic N) is 2. The summed E-state index contributed by atoms with van der Waals surface area (Å²) in [5.41, 5.74) is 0.806. The Kier molecular flexibility index (Phi) is 4.45. The minimum atomic E-state index is -1.01. The standard InChI is InChI=1S/C14H13N3O4/c1-9-7-10(13(19)20)3-4-11(9)21-8-12(18)17-14-15-5-2-6-16-14/h2-7H,8H2,1H3,(H,19,20)(H,15,16,17,18). The quantitative estimate of drug-likeness (QED) is 0.864. The third-order valence-electron chi connectivity index (χ3n) is 2.60. The SMILES string of the molecule is Cc1cc(C(=O)O)ccc1OCC(=O)Nc1ncccn1. The third-order valence-corrected chi connectivity index (χ3v) is 2.60. The van der Waals surface area contributed by atoms with E-state index in [1.165, 1.54) is 30.6 Å². The van der Waals surface area contributed by atoms with Gasteiger partial charge >= 0.3 is 5.97 Å². The second-order valence-electron chi connectivity index (χ2n) is 4.19. The highest BCUT2D eigenvalue weighted by atomic mass is 16.5. The zero-order chi connectivity index (χ0) is 15.2. The maximum absolute atomic E-state index is 11.7. The number of carboxylic acids is 1. The molecule has 7 nitrogen and oxygen atoms in total. The fourth-order valence-corrected chi connectivity index (χ4v) is 1.61. The number of hydrogen-bond donors (Lipinski definition) is 2. The second kappa shape index (κ2) is 6.47. The molecule has 0 bridgehead atoms. The molecule has 0 atom stereocenters. The van der Waals surface area contributed by atoms with E-state index in [4.69, 9.17) is 9.84 Å². The number of nitrogens with one attached hydrogen (secondary N) is 1. The maximum atomic E-state index is 11.7. The summed E-state index contributed by atoms with van der Waals surface area (Å²) in [7, 11) is 0. The Bertz CT molecular complexity index is 659. The van der Waals surface area contributed by atoms with Gasteiger partial charge in [-0.3, -0.25) is 10.1 Å². The number of rotatable bonds is 5. The lowest BCUT2D eigenvalue weighted by molar-refractivity contribution is -0.118. The van der Waals surface area contributed by atoms with E-state index in [2.05, 4.69) is 15.3 Å². The molecule has 0 radical (unpaired) electrons. The van der Waals surface area contributed by atoms with Gasteiger partial charge in [-0.25, -0.2) is 14.8 Å². The van der Waals surface area contributed by atoms with Crippen LogP contribution in [0, 0.1) is 6.92 Å². The number of benzene rings is 1. The summed E-state index contributed by atoms with van der Waals surface area (Å²) in [6, 6.07) is 6.06. The molecule has 0 aliphatic heterocycles. The zero-order valence-electron chi connectivity index (χ0n) is 11.2. The van der Waals surface area contributed by atoms with Crippen LogP contribution in [0.3, 0.4) is 0 Å². The normalized spacial score (nSPS) is 9.95. The minimum Gasteiger partial charge on any atom is -0.483 e. The van der Waals surface area contributed by atoms with E-state index in [0.29, 0.717) is 11.3 Å². The minimum absolute atomic E-state index is 0.169. The second-order valence-corrected chi connectivity index (χ2v) is 4.19. The molecule has 1 heterocycles. The van der Waals surface area contributed by atoms with Crippen molar-refractivity contribution in [3.63, 3.8) is 0 Å². The Balaban J connectivity index is 1.94. The fraction of sp³-hybridized carbons (Fsp3) is 0.143. The lowest BCUT2D eigenvalue weighted by Crippen LogP contribution is -2.21. The average molecular weight is 287 g/mol. The van der Waals surface area contributed by atoms with Gasteiger partial charge in [0.1, 0.15) is 5.75 Å². The number of carboxylic acid groups (broad SMARTS) is 1. The first-order chi connectivity index (χ1) is 10.1. The molecule has 2 N–H and O–H groups in total. The maximum Gasteiger partial charge on any atom is 0.335 e. The smallest absolute Gasteiger partial charge is 0.335 e. The molecule has 7 heteroatoms. The predicted octanol–water partition coefficient (Wildman–Crippen LogP) is 1.50. The van der Waals surface area contributed by atoms with Crippen molar-refractivity contribution in [2.24, 2.45) is 0 Å². The highest BCUT2D eigenvalue weighted by Crippen LogP contribution is 2.19.